The summed E-state index contributed by atoms with van der Waals surface area (Å²) in [6, 6.07) is 30.1. The Balaban J connectivity index is 0.000000237. The molecule has 10 heteroatoms. The SMILES string of the molecule is ON=C(c1[c-]cc(Cl)cc1)c1ccc(Cl)cc1.ON=C(c1[c-]cc(Cl)cc1)c1ccc(Cl)cc1.[Cl][Pd+]. The number of nitrogens with zero attached hydrogens (tertiary/aromatic N) is 2. The van der Waals surface area contributed by atoms with E-state index in [0.29, 0.717) is 42.6 Å². The first kappa shape index (κ1) is 30.2. The van der Waals surface area contributed by atoms with Crippen molar-refractivity contribution >= 4 is 67.4 Å². The Morgan fingerprint density at radius 1 is 0.528 bits per heavy atom. The number of rotatable bonds is 4. The van der Waals surface area contributed by atoms with Gasteiger partial charge in [0.1, 0.15) is 0 Å². The van der Waals surface area contributed by atoms with Crippen LogP contribution in [0.5, 0.6) is 0 Å². The third kappa shape index (κ3) is 9.10. The average Bonchev–Trinajstić information content (AvgIpc) is 2.91. The van der Waals surface area contributed by atoms with E-state index in [0.717, 1.165) is 11.1 Å². The molecule has 0 amide bonds. The molecule has 0 aliphatic heterocycles. The molecule has 188 valence electrons. The van der Waals surface area contributed by atoms with Gasteiger partial charge in [-0.15, -0.1) is 93.2 Å². The summed E-state index contributed by atoms with van der Waals surface area (Å²) in [7, 11) is 4.49. The van der Waals surface area contributed by atoms with Crippen LogP contribution in [0.2, 0.25) is 20.1 Å². The molecule has 0 heterocycles. The molecule has 0 saturated heterocycles. The molecule has 0 aliphatic rings. The van der Waals surface area contributed by atoms with Gasteiger partial charge >= 0.3 is 27.7 Å². The fraction of sp³-hybridized carbons (Fsp3) is 0. The first-order valence-electron chi connectivity index (χ1n) is 9.84. The van der Waals surface area contributed by atoms with Crippen LogP contribution in [0, 0.1) is 12.1 Å². The molecular formula is C26H16Cl5N2O2Pd-. The topological polar surface area (TPSA) is 65.2 Å². The standard InChI is InChI=1S/2C13H8Cl2NO.ClH.Pd/c2*14-11-5-1-9(2-6-11)13(16-17)10-3-7-12(15)8-4-10;;/h2*1-3,5-8,17H;1H;/q2*-1;;+2/p-1. The first-order chi connectivity index (χ1) is 17.4. The molecule has 0 unspecified atom stereocenters. The predicted octanol–water partition coefficient (Wildman–Crippen LogP) is 8.73. The summed E-state index contributed by atoms with van der Waals surface area (Å²) >= 11 is 25.4. The van der Waals surface area contributed by atoms with Crippen LogP contribution in [0.4, 0.5) is 0 Å². The second-order valence-corrected chi connectivity index (χ2v) is 8.50. The van der Waals surface area contributed by atoms with Crippen LogP contribution in [0.15, 0.2) is 95.2 Å². The molecule has 0 atom stereocenters. The molecule has 0 aliphatic carbocycles. The van der Waals surface area contributed by atoms with Crippen LogP contribution in [0.1, 0.15) is 22.3 Å². The Kier molecular flexibility index (Phi) is 13.3. The summed E-state index contributed by atoms with van der Waals surface area (Å²) in [6.07, 6.45) is 0. The number of hydrogen-bond acceptors (Lipinski definition) is 4. The van der Waals surface area contributed by atoms with Crippen molar-refractivity contribution < 1.29 is 28.6 Å². The number of oxime groups is 2. The zero-order valence-corrected chi connectivity index (χ0v) is 23.4. The van der Waals surface area contributed by atoms with E-state index in [1.165, 1.54) is 0 Å². The van der Waals surface area contributed by atoms with Gasteiger partial charge in [0, 0.05) is 21.5 Å². The summed E-state index contributed by atoms with van der Waals surface area (Å²) in [6.45, 7) is 0. The van der Waals surface area contributed by atoms with Crippen LogP contribution in [-0.4, -0.2) is 21.8 Å². The molecule has 0 radical (unpaired) electrons. The monoisotopic (exact) mass is 669 g/mol. The van der Waals surface area contributed by atoms with E-state index in [1.54, 1.807) is 84.9 Å². The predicted molar refractivity (Wildman–Crippen MR) is 144 cm³/mol. The Morgan fingerprint density at radius 3 is 1.08 bits per heavy atom. The van der Waals surface area contributed by atoms with Crippen molar-refractivity contribution in [2.45, 2.75) is 0 Å². The average molecular weight is 672 g/mol. The van der Waals surface area contributed by atoms with Crippen molar-refractivity contribution in [3.63, 3.8) is 0 Å². The second kappa shape index (κ2) is 15.9. The van der Waals surface area contributed by atoms with Gasteiger partial charge in [-0.3, -0.25) is 0 Å². The second-order valence-electron chi connectivity index (χ2n) is 6.75. The summed E-state index contributed by atoms with van der Waals surface area (Å²) in [5, 5.41) is 27.2. The molecule has 4 nitrogen and oxygen atoms in total. The zero-order chi connectivity index (χ0) is 26.5. The molecule has 4 aromatic rings. The van der Waals surface area contributed by atoms with E-state index in [2.05, 4.69) is 50.2 Å². The van der Waals surface area contributed by atoms with Gasteiger partial charge in [0.15, 0.2) is 0 Å². The summed E-state index contributed by atoms with van der Waals surface area (Å²) in [4.78, 5) is 0. The fourth-order valence-corrected chi connectivity index (χ4v) is 3.34. The summed E-state index contributed by atoms with van der Waals surface area (Å²) < 4.78 is 0. The molecule has 0 aromatic heterocycles. The van der Waals surface area contributed by atoms with E-state index >= 15 is 0 Å². The molecule has 4 aromatic carbocycles. The Bertz CT molecular complexity index is 1080. The molecule has 0 fully saturated rings. The third-order valence-corrected chi connectivity index (χ3v) is 5.47. The number of benzene rings is 4. The van der Waals surface area contributed by atoms with E-state index in [9.17, 15) is 0 Å². The van der Waals surface area contributed by atoms with Gasteiger partial charge in [0.2, 0.25) is 0 Å². The maximum absolute atomic E-state index is 9.07. The third-order valence-electron chi connectivity index (χ3n) is 4.50. The first-order valence-corrected chi connectivity index (χ1v) is 13.4. The molecule has 0 bridgehead atoms. The Morgan fingerprint density at radius 2 is 0.833 bits per heavy atom. The van der Waals surface area contributed by atoms with Gasteiger partial charge in [-0.05, 0) is 45.4 Å². The van der Waals surface area contributed by atoms with Crippen LogP contribution < -0.4 is 0 Å². The summed E-state index contributed by atoms with van der Waals surface area (Å²) in [5.41, 5.74) is 3.71. The minimum atomic E-state index is 0.429. The van der Waals surface area contributed by atoms with Gasteiger partial charge < -0.3 is 10.4 Å². The maximum atomic E-state index is 9.07. The molecule has 4 rings (SSSR count). The van der Waals surface area contributed by atoms with E-state index < -0.39 is 0 Å². The van der Waals surface area contributed by atoms with Crippen molar-refractivity contribution in [2.75, 3.05) is 0 Å². The molecule has 0 spiro atoms. The Hall–Kier alpha value is -2.07. The number of halogens is 5. The van der Waals surface area contributed by atoms with Gasteiger partial charge in [-0.25, -0.2) is 0 Å². The van der Waals surface area contributed by atoms with Crippen molar-refractivity contribution in [3.05, 3.63) is 139 Å². The van der Waals surface area contributed by atoms with Gasteiger partial charge in [-0.2, -0.15) is 0 Å². The van der Waals surface area contributed by atoms with Crippen LogP contribution in [0.25, 0.3) is 0 Å². The van der Waals surface area contributed by atoms with Gasteiger partial charge in [0.05, 0.1) is 0 Å². The number of hydrogen-bond donors (Lipinski definition) is 2. The van der Waals surface area contributed by atoms with Crippen molar-refractivity contribution in [3.8, 4) is 0 Å². The molecule has 2 N–H and O–H groups in total. The van der Waals surface area contributed by atoms with Crippen molar-refractivity contribution in [1.29, 1.82) is 0 Å². The minimum absolute atomic E-state index is 0.429. The summed E-state index contributed by atoms with van der Waals surface area (Å²) in [5.74, 6) is 0. The quantitative estimate of drug-likeness (QED) is 0.0750. The van der Waals surface area contributed by atoms with Crippen molar-refractivity contribution in [1.82, 2.24) is 0 Å². The normalized spacial score (nSPS) is 11.1. The van der Waals surface area contributed by atoms with Crippen LogP contribution in [0.3, 0.4) is 0 Å². The zero-order valence-electron chi connectivity index (χ0n) is 18.1. The van der Waals surface area contributed by atoms with Crippen LogP contribution >= 0.6 is 55.9 Å². The Labute approximate surface area is 244 Å². The van der Waals surface area contributed by atoms with Gasteiger partial charge in [-0.1, -0.05) is 47.5 Å². The molecule has 36 heavy (non-hydrogen) atoms. The fourth-order valence-electron chi connectivity index (χ4n) is 2.86. The molecular weight excluding hydrogens is 656 g/mol. The van der Waals surface area contributed by atoms with E-state index in [4.69, 9.17) is 56.8 Å². The van der Waals surface area contributed by atoms with E-state index in [-0.39, 0.29) is 0 Å². The molecule has 0 saturated carbocycles. The van der Waals surface area contributed by atoms with Crippen molar-refractivity contribution in [2.24, 2.45) is 10.3 Å². The van der Waals surface area contributed by atoms with Crippen LogP contribution in [-0.2, 0) is 18.2 Å². The van der Waals surface area contributed by atoms with Gasteiger partial charge in [0.25, 0.3) is 0 Å². The van der Waals surface area contributed by atoms with E-state index in [1.807, 2.05) is 0 Å².